The lowest BCUT2D eigenvalue weighted by atomic mass is 10.1. The average molecular weight is 493 g/mol. The number of piperazine rings is 1. The second-order valence-corrected chi connectivity index (χ2v) is 8.70. The molecule has 1 fully saturated rings. The maximum absolute atomic E-state index is 12.5. The molecule has 1 aliphatic rings. The van der Waals surface area contributed by atoms with Gasteiger partial charge in [-0.25, -0.2) is 9.78 Å². The van der Waals surface area contributed by atoms with E-state index in [1.807, 2.05) is 53.4 Å². The SMILES string of the molecule is O=C(Nc1ccccc1Br)N1CCN(c2nc(Cc3ccc(Cl)cc3)ns2)CC1. The van der Waals surface area contributed by atoms with Gasteiger partial charge in [0.1, 0.15) is 5.82 Å². The summed E-state index contributed by atoms with van der Waals surface area (Å²) in [4.78, 5) is 21.2. The maximum atomic E-state index is 12.5. The van der Waals surface area contributed by atoms with E-state index in [-0.39, 0.29) is 6.03 Å². The third kappa shape index (κ3) is 5.07. The Morgan fingerprint density at radius 2 is 1.83 bits per heavy atom. The number of amides is 2. The van der Waals surface area contributed by atoms with Crippen molar-refractivity contribution in [3.63, 3.8) is 0 Å². The highest BCUT2D eigenvalue weighted by Crippen LogP contribution is 2.23. The molecule has 9 heteroatoms. The smallest absolute Gasteiger partial charge is 0.321 e. The minimum atomic E-state index is -0.0859. The minimum Gasteiger partial charge on any atom is -0.343 e. The van der Waals surface area contributed by atoms with E-state index in [0.29, 0.717) is 19.5 Å². The van der Waals surface area contributed by atoms with Gasteiger partial charge in [0.25, 0.3) is 0 Å². The molecule has 0 radical (unpaired) electrons. The topological polar surface area (TPSA) is 61.4 Å². The molecular weight excluding hydrogens is 474 g/mol. The first kappa shape index (κ1) is 20.1. The Kier molecular flexibility index (Phi) is 6.32. The van der Waals surface area contributed by atoms with E-state index in [4.69, 9.17) is 11.6 Å². The molecule has 29 heavy (non-hydrogen) atoms. The quantitative estimate of drug-likeness (QED) is 0.563. The van der Waals surface area contributed by atoms with Crippen LogP contribution < -0.4 is 10.2 Å². The summed E-state index contributed by atoms with van der Waals surface area (Å²) in [6.07, 6.45) is 0.683. The fourth-order valence-electron chi connectivity index (χ4n) is 3.09. The number of nitrogens with one attached hydrogen (secondary N) is 1. The highest BCUT2D eigenvalue weighted by atomic mass is 79.9. The zero-order valence-electron chi connectivity index (χ0n) is 15.5. The van der Waals surface area contributed by atoms with Crippen LogP contribution in [0.4, 0.5) is 15.6 Å². The van der Waals surface area contributed by atoms with Crippen molar-refractivity contribution in [3.8, 4) is 0 Å². The first-order chi connectivity index (χ1) is 14.1. The molecule has 150 valence electrons. The van der Waals surface area contributed by atoms with Crippen LogP contribution in [0, 0.1) is 0 Å². The van der Waals surface area contributed by atoms with E-state index >= 15 is 0 Å². The van der Waals surface area contributed by atoms with Gasteiger partial charge < -0.3 is 15.1 Å². The highest BCUT2D eigenvalue weighted by Gasteiger charge is 2.23. The number of nitrogens with zero attached hydrogens (tertiary/aromatic N) is 4. The lowest BCUT2D eigenvalue weighted by molar-refractivity contribution is 0.208. The number of para-hydroxylation sites is 1. The zero-order chi connectivity index (χ0) is 20.2. The molecule has 0 bridgehead atoms. The third-order valence-corrected chi connectivity index (χ3v) is 6.44. The first-order valence-corrected chi connectivity index (χ1v) is 11.2. The average Bonchev–Trinajstić information content (AvgIpc) is 3.20. The second kappa shape index (κ2) is 9.11. The lowest BCUT2D eigenvalue weighted by Crippen LogP contribution is -2.50. The molecule has 6 nitrogen and oxygen atoms in total. The number of benzene rings is 2. The number of halogens is 2. The molecule has 0 aliphatic carbocycles. The Morgan fingerprint density at radius 1 is 1.10 bits per heavy atom. The van der Waals surface area contributed by atoms with Crippen molar-refractivity contribution in [2.45, 2.75) is 6.42 Å². The molecule has 0 unspecified atom stereocenters. The van der Waals surface area contributed by atoms with E-state index in [0.717, 1.165) is 44.8 Å². The van der Waals surface area contributed by atoms with E-state index < -0.39 is 0 Å². The summed E-state index contributed by atoms with van der Waals surface area (Å²) >= 11 is 10.8. The van der Waals surface area contributed by atoms with Gasteiger partial charge in [-0.15, -0.1) is 0 Å². The number of anilines is 2. The molecule has 1 aliphatic heterocycles. The van der Waals surface area contributed by atoms with Crippen molar-refractivity contribution in [1.82, 2.24) is 14.3 Å². The van der Waals surface area contributed by atoms with Gasteiger partial charge in [0.05, 0.1) is 5.69 Å². The van der Waals surface area contributed by atoms with Crippen LogP contribution in [0.2, 0.25) is 5.02 Å². The van der Waals surface area contributed by atoms with Crippen molar-refractivity contribution >= 4 is 55.9 Å². The lowest BCUT2D eigenvalue weighted by Gasteiger charge is -2.34. The van der Waals surface area contributed by atoms with Crippen molar-refractivity contribution in [2.24, 2.45) is 0 Å². The van der Waals surface area contributed by atoms with E-state index in [1.165, 1.54) is 11.5 Å². The summed E-state index contributed by atoms with van der Waals surface area (Å²) < 4.78 is 5.36. The molecule has 2 aromatic carbocycles. The minimum absolute atomic E-state index is 0.0859. The highest BCUT2D eigenvalue weighted by molar-refractivity contribution is 9.10. The largest absolute Gasteiger partial charge is 0.343 e. The number of carbonyl (C=O) groups is 1. The molecule has 1 saturated heterocycles. The van der Waals surface area contributed by atoms with E-state index in [1.54, 1.807) is 0 Å². The molecule has 1 N–H and O–H groups in total. The summed E-state index contributed by atoms with van der Waals surface area (Å²) in [6.45, 7) is 2.75. The van der Waals surface area contributed by atoms with Gasteiger partial charge >= 0.3 is 6.03 Å². The summed E-state index contributed by atoms with van der Waals surface area (Å²) in [6, 6.07) is 15.3. The van der Waals surface area contributed by atoms with Gasteiger partial charge in [-0.1, -0.05) is 35.9 Å². The first-order valence-electron chi connectivity index (χ1n) is 9.21. The zero-order valence-corrected chi connectivity index (χ0v) is 18.7. The molecule has 0 saturated carbocycles. The standard InChI is InChI=1S/C20H19BrClN5OS/c21-16-3-1-2-4-17(16)23-19(28)26-9-11-27(12-10-26)20-24-18(25-29-20)13-14-5-7-15(22)8-6-14/h1-8H,9-13H2,(H,23,28). The normalized spacial score (nSPS) is 14.1. The molecular formula is C20H19BrClN5OS. The number of aromatic nitrogens is 2. The molecule has 4 rings (SSSR count). The van der Waals surface area contributed by atoms with E-state index in [9.17, 15) is 4.79 Å². The molecule has 3 aromatic rings. The predicted molar refractivity (Wildman–Crippen MR) is 121 cm³/mol. The van der Waals surface area contributed by atoms with Crippen LogP contribution in [-0.2, 0) is 6.42 Å². The number of hydrogen-bond acceptors (Lipinski definition) is 5. The van der Waals surface area contributed by atoms with Gasteiger partial charge in [-0.2, -0.15) is 4.37 Å². The fourth-order valence-corrected chi connectivity index (χ4v) is 4.33. The second-order valence-electron chi connectivity index (χ2n) is 6.68. The van der Waals surface area contributed by atoms with E-state index in [2.05, 4.69) is 35.5 Å². The number of urea groups is 1. The number of carbonyl (C=O) groups excluding carboxylic acids is 1. The Bertz CT molecular complexity index is 989. The van der Waals surface area contributed by atoms with Gasteiger partial charge in [0.2, 0.25) is 5.13 Å². The predicted octanol–water partition coefficient (Wildman–Crippen LogP) is 4.90. The Balaban J connectivity index is 1.31. The van der Waals surface area contributed by atoms with Crippen molar-refractivity contribution in [1.29, 1.82) is 0 Å². The summed E-state index contributed by atoms with van der Waals surface area (Å²) in [5.74, 6) is 0.807. The van der Waals surface area contributed by atoms with Crippen LogP contribution in [0.15, 0.2) is 53.0 Å². The summed E-state index contributed by atoms with van der Waals surface area (Å²) in [7, 11) is 0. The maximum Gasteiger partial charge on any atom is 0.321 e. The summed E-state index contributed by atoms with van der Waals surface area (Å²) in [5.41, 5.74) is 1.91. The van der Waals surface area contributed by atoms with Gasteiger partial charge in [-0.3, -0.25) is 0 Å². The van der Waals surface area contributed by atoms with Crippen LogP contribution in [-0.4, -0.2) is 46.5 Å². The third-order valence-electron chi connectivity index (χ3n) is 4.69. The molecule has 1 aromatic heterocycles. The van der Waals surface area contributed by atoms with Crippen molar-refractivity contribution < 1.29 is 4.79 Å². The number of hydrogen-bond donors (Lipinski definition) is 1. The number of rotatable bonds is 4. The molecule has 2 heterocycles. The monoisotopic (exact) mass is 491 g/mol. The summed E-state index contributed by atoms with van der Waals surface area (Å²) in [5, 5.41) is 4.58. The Hall–Kier alpha value is -2.16. The van der Waals surface area contributed by atoms with Crippen molar-refractivity contribution in [2.75, 3.05) is 36.4 Å². The van der Waals surface area contributed by atoms with Crippen LogP contribution >= 0.6 is 39.1 Å². The van der Waals surface area contributed by atoms with Gasteiger partial charge in [0, 0.05) is 53.6 Å². The molecule has 0 atom stereocenters. The van der Waals surface area contributed by atoms with Crippen LogP contribution in [0.25, 0.3) is 0 Å². The van der Waals surface area contributed by atoms with Crippen LogP contribution in [0.1, 0.15) is 11.4 Å². The van der Waals surface area contributed by atoms with Crippen LogP contribution in [0.3, 0.4) is 0 Å². The molecule has 0 spiro atoms. The Morgan fingerprint density at radius 3 is 2.55 bits per heavy atom. The molecule has 2 amide bonds. The fraction of sp³-hybridized carbons (Fsp3) is 0.250. The van der Waals surface area contributed by atoms with Crippen LogP contribution in [0.5, 0.6) is 0 Å². The van der Waals surface area contributed by atoms with Gasteiger partial charge in [0.15, 0.2) is 0 Å². The Labute approximate surface area is 186 Å². The van der Waals surface area contributed by atoms with Crippen molar-refractivity contribution in [3.05, 3.63) is 69.4 Å². The van der Waals surface area contributed by atoms with Gasteiger partial charge in [-0.05, 0) is 45.8 Å².